The number of nitrogens with zero attached hydrogens (tertiary/aromatic N) is 1. The average molecular weight is 296 g/mol. The molecule has 1 aromatic carbocycles. The van der Waals surface area contributed by atoms with Gasteiger partial charge in [0.15, 0.2) is 5.78 Å². The Labute approximate surface area is 111 Å². The quantitative estimate of drug-likeness (QED) is 0.793. The lowest BCUT2D eigenvalue weighted by Gasteiger charge is -2.20. The Bertz CT molecular complexity index is 388. The van der Waals surface area contributed by atoms with E-state index < -0.39 is 0 Å². The zero-order valence-electron chi connectivity index (χ0n) is 10.2. The molecule has 1 fully saturated rings. The first-order valence-corrected chi connectivity index (χ1v) is 6.99. The standard InChI is InChI=1S/C14H18BrNO/c1-11-3-2-9-16(11)10-8-14(17)12-4-6-13(15)7-5-12/h4-7,11H,2-3,8-10H2,1H3. The normalized spacial score (nSPS) is 20.7. The molecule has 1 aliphatic rings. The van der Waals surface area contributed by atoms with Crippen LogP contribution in [0.25, 0.3) is 0 Å². The number of carbonyl (C=O) groups excluding carboxylic acids is 1. The molecular formula is C14H18BrNO. The molecule has 0 aliphatic carbocycles. The third-order valence-electron chi connectivity index (χ3n) is 3.48. The number of benzene rings is 1. The van der Waals surface area contributed by atoms with E-state index in [0.717, 1.165) is 23.1 Å². The number of rotatable bonds is 4. The second kappa shape index (κ2) is 5.78. The van der Waals surface area contributed by atoms with Gasteiger partial charge in [-0.2, -0.15) is 0 Å². The summed E-state index contributed by atoms with van der Waals surface area (Å²) in [6.45, 7) is 4.29. The summed E-state index contributed by atoms with van der Waals surface area (Å²) in [6.07, 6.45) is 3.17. The van der Waals surface area contributed by atoms with Crippen molar-refractivity contribution in [2.75, 3.05) is 13.1 Å². The molecule has 0 radical (unpaired) electrons. The predicted molar refractivity (Wildman–Crippen MR) is 73.4 cm³/mol. The maximum absolute atomic E-state index is 12.0. The SMILES string of the molecule is CC1CCCN1CCC(=O)c1ccc(Br)cc1. The summed E-state index contributed by atoms with van der Waals surface area (Å²) < 4.78 is 1.02. The molecule has 1 saturated heterocycles. The molecule has 0 amide bonds. The van der Waals surface area contributed by atoms with E-state index in [2.05, 4.69) is 27.8 Å². The summed E-state index contributed by atoms with van der Waals surface area (Å²) >= 11 is 3.38. The number of Topliss-reactive ketones (excluding diaryl/α,β-unsaturated/α-hetero) is 1. The average Bonchev–Trinajstić information content (AvgIpc) is 2.73. The second-order valence-electron chi connectivity index (χ2n) is 4.71. The summed E-state index contributed by atoms with van der Waals surface area (Å²) in [7, 11) is 0. The van der Waals surface area contributed by atoms with Crippen LogP contribution in [0.3, 0.4) is 0 Å². The van der Waals surface area contributed by atoms with Gasteiger partial charge in [-0.05, 0) is 38.4 Å². The van der Waals surface area contributed by atoms with Crippen molar-refractivity contribution < 1.29 is 4.79 Å². The van der Waals surface area contributed by atoms with Gasteiger partial charge in [-0.25, -0.2) is 0 Å². The van der Waals surface area contributed by atoms with Crippen molar-refractivity contribution in [1.29, 1.82) is 0 Å². The van der Waals surface area contributed by atoms with Crippen LogP contribution in [0.1, 0.15) is 36.5 Å². The number of carbonyl (C=O) groups is 1. The van der Waals surface area contributed by atoms with E-state index in [0.29, 0.717) is 12.5 Å². The van der Waals surface area contributed by atoms with E-state index in [1.807, 2.05) is 24.3 Å². The fourth-order valence-electron chi connectivity index (χ4n) is 2.35. The molecule has 0 bridgehead atoms. The smallest absolute Gasteiger partial charge is 0.164 e. The molecule has 0 saturated carbocycles. The van der Waals surface area contributed by atoms with E-state index in [1.54, 1.807) is 0 Å². The Morgan fingerprint density at radius 1 is 1.41 bits per heavy atom. The third-order valence-corrected chi connectivity index (χ3v) is 4.01. The molecule has 0 N–H and O–H groups in total. The number of hydrogen-bond acceptors (Lipinski definition) is 2. The molecule has 1 aromatic rings. The van der Waals surface area contributed by atoms with Gasteiger partial charge in [0.2, 0.25) is 0 Å². The Morgan fingerprint density at radius 2 is 2.12 bits per heavy atom. The Balaban J connectivity index is 1.87. The van der Waals surface area contributed by atoms with Crippen LogP contribution in [0.15, 0.2) is 28.7 Å². The van der Waals surface area contributed by atoms with E-state index in [-0.39, 0.29) is 5.78 Å². The lowest BCUT2D eigenvalue weighted by atomic mass is 10.1. The molecular weight excluding hydrogens is 278 g/mol. The lowest BCUT2D eigenvalue weighted by molar-refractivity contribution is 0.0963. The van der Waals surface area contributed by atoms with Crippen LogP contribution in [0.5, 0.6) is 0 Å². The molecule has 17 heavy (non-hydrogen) atoms. The van der Waals surface area contributed by atoms with Gasteiger partial charge in [0, 0.05) is 29.0 Å². The summed E-state index contributed by atoms with van der Waals surface area (Å²) in [6, 6.07) is 8.27. The van der Waals surface area contributed by atoms with Crippen LogP contribution in [0, 0.1) is 0 Å². The van der Waals surface area contributed by atoms with Gasteiger partial charge in [-0.1, -0.05) is 28.1 Å². The van der Waals surface area contributed by atoms with Crippen LogP contribution < -0.4 is 0 Å². The Kier molecular flexibility index (Phi) is 4.35. The number of hydrogen-bond donors (Lipinski definition) is 0. The molecule has 1 aliphatic heterocycles. The molecule has 0 spiro atoms. The van der Waals surface area contributed by atoms with E-state index in [4.69, 9.17) is 0 Å². The van der Waals surface area contributed by atoms with Gasteiger partial charge in [0.1, 0.15) is 0 Å². The van der Waals surface area contributed by atoms with Gasteiger partial charge in [0.25, 0.3) is 0 Å². The van der Waals surface area contributed by atoms with Crippen molar-refractivity contribution in [3.63, 3.8) is 0 Å². The zero-order valence-corrected chi connectivity index (χ0v) is 11.7. The highest BCUT2D eigenvalue weighted by atomic mass is 79.9. The fraction of sp³-hybridized carbons (Fsp3) is 0.500. The van der Waals surface area contributed by atoms with Crippen molar-refractivity contribution in [3.05, 3.63) is 34.3 Å². The van der Waals surface area contributed by atoms with Gasteiger partial charge in [-0.3, -0.25) is 4.79 Å². The lowest BCUT2D eigenvalue weighted by Crippen LogP contribution is -2.29. The Morgan fingerprint density at radius 3 is 2.71 bits per heavy atom. The fourth-order valence-corrected chi connectivity index (χ4v) is 2.61. The van der Waals surface area contributed by atoms with Gasteiger partial charge in [0.05, 0.1) is 0 Å². The van der Waals surface area contributed by atoms with Crippen LogP contribution in [0.2, 0.25) is 0 Å². The number of likely N-dealkylation sites (tertiary alicyclic amines) is 1. The maximum atomic E-state index is 12.0. The van der Waals surface area contributed by atoms with Crippen LogP contribution in [-0.2, 0) is 0 Å². The molecule has 1 atom stereocenters. The summed E-state index contributed by atoms with van der Waals surface area (Å²) in [4.78, 5) is 14.4. The summed E-state index contributed by atoms with van der Waals surface area (Å²) in [5, 5.41) is 0. The molecule has 1 heterocycles. The minimum Gasteiger partial charge on any atom is -0.300 e. The minimum absolute atomic E-state index is 0.247. The molecule has 2 nitrogen and oxygen atoms in total. The van der Waals surface area contributed by atoms with Crippen molar-refractivity contribution in [2.45, 2.75) is 32.2 Å². The van der Waals surface area contributed by atoms with Crippen LogP contribution in [0.4, 0.5) is 0 Å². The minimum atomic E-state index is 0.247. The first-order valence-electron chi connectivity index (χ1n) is 6.19. The largest absolute Gasteiger partial charge is 0.300 e. The van der Waals surface area contributed by atoms with Crippen molar-refractivity contribution in [3.8, 4) is 0 Å². The first-order chi connectivity index (χ1) is 8.16. The Hall–Kier alpha value is -0.670. The van der Waals surface area contributed by atoms with Gasteiger partial charge < -0.3 is 4.90 Å². The van der Waals surface area contributed by atoms with Crippen molar-refractivity contribution in [2.24, 2.45) is 0 Å². The number of ketones is 1. The molecule has 92 valence electrons. The monoisotopic (exact) mass is 295 g/mol. The molecule has 2 rings (SSSR count). The maximum Gasteiger partial charge on any atom is 0.164 e. The van der Waals surface area contributed by atoms with E-state index in [9.17, 15) is 4.79 Å². The zero-order chi connectivity index (χ0) is 12.3. The van der Waals surface area contributed by atoms with E-state index >= 15 is 0 Å². The van der Waals surface area contributed by atoms with Crippen molar-refractivity contribution in [1.82, 2.24) is 4.90 Å². The predicted octanol–water partition coefficient (Wildman–Crippen LogP) is 3.51. The topological polar surface area (TPSA) is 20.3 Å². The summed E-state index contributed by atoms with van der Waals surface area (Å²) in [5.74, 6) is 0.247. The molecule has 1 unspecified atom stereocenters. The van der Waals surface area contributed by atoms with Crippen LogP contribution in [-0.4, -0.2) is 29.8 Å². The van der Waals surface area contributed by atoms with E-state index in [1.165, 1.54) is 12.8 Å². The third kappa shape index (κ3) is 3.39. The number of halogens is 1. The first kappa shape index (κ1) is 12.8. The van der Waals surface area contributed by atoms with Gasteiger partial charge in [-0.15, -0.1) is 0 Å². The van der Waals surface area contributed by atoms with Gasteiger partial charge >= 0.3 is 0 Å². The van der Waals surface area contributed by atoms with Crippen molar-refractivity contribution >= 4 is 21.7 Å². The highest BCUT2D eigenvalue weighted by Crippen LogP contribution is 2.17. The molecule has 3 heteroatoms. The summed E-state index contributed by atoms with van der Waals surface area (Å²) in [5.41, 5.74) is 0.819. The highest BCUT2D eigenvalue weighted by Gasteiger charge is 2.20. The van der Waals surface area contributed by atoms with Crippen LogP contribution >= 0.6 is 15.9 Å². The second-order valence-corrected chi connectivity index (χ2v) is 5.62. The highest BCUT2D eigenvalue weighted by molar-refractivity contribution is 9.10. The molecule has 0 aromatic heterocycles.